The minimum atomic E-state index is -3.73. The fourth-order valence-electron chi connectivity index (χ4n) is 2.25. The molecule has 1 aliphatic heterocycles. The molecule has 106 valence electrons. The molecule has 19 heavy (non-hydrogen) atoms. The summed E-state index contributed by atoms with van der Waals surface area (Å²) in [5, 5.41) is 9.92. The van der Waals surface area contributed by atoms with Gasteiger partial charge in [-0.15, -0.1) is 11.3 Å². The first-order valence-electron chi connectivity index (χ1n) is 5.94. The van der Waals surface area contributed by atoms with Crippen molar-refractivity contribution >= 4 is 27.3 Å². The van der Waals surface area contributed by atoms with Gasteiger partial charge in [0, 0.05) is 30.6 Å². The van der Waals surface area contributed by atoms with E-state index in [1.54, 1.807) is 10.3 Å². The molecule has 1 amide bonds. The van der Waals surface area contributed by atoms with Gasteiger partial charge in [0.15, 0.2) is 0 Å². The maximum atomic E-state index is 12.3. The van der Waals surface area contributed by atoms with Gasteiger partial charge in [0.25, 0.3) is 5.91 Å². The molecular formula is C11H17N3O3S2. The molecule has 1 aliphatic rings. The maximum absolute atomic E-state index is 12.3. The highest BCUT2D eigenvalue weighted by molar-refractivity contribution is 7.91. The average molecular weight is 303 g/mol. The summed E-state index contributed by atoms with van der Waals surface area (Å²) >= 11 is 0.974. The molecule has 2 atom stereocenters. The number of primary sulfonamides is 1. The molecule has 0 unspecified atom stereocenters. The number of nitrogens with zero attached hydrogens (tertiary/aromatic N) is 1. The predicted molar refractivity (Wildman–Crippen MR) is 73.7 cm³/mol. The molecule has 1 aromatic heterocycles. The van der Waals surface area contributed by atoms with Crippen LogP contribution in [0.5, 0.6) is 0 Å². The Hall–Kier alpha value is -0.960. The van der Waals surface area contributed by atoms with Gasteiger partial charge in [0.1, 0.15) is 4.21 Å². The van der Waals surface area contributed by atoms with E-state index < -0.39 is 10.0 Å². The van der Waals surface area contributed by atoms with Crippen LogP contribution in [0.2, 0.25) is 0 Å². The number of nitrogens with two attached hydrogens (primary N) is 1. The van der Waals surface area contributed by atoms with Crippen LogP contribution in [0.1, 0.15) is 24.2 Å². The van der Waals surface area contributed by atoms with Crippen molar-refractivity contribution in [2.75, 3.05) is 13.1 Å². The Morgan fingerprint density at radius 1 is 1.42 bits per heavy atom. The molecule has 2 rings (SSSR count). The lowest BCUT2D eigenvalue weighted by atomic mass is 10.1. The van der Waals surface area contributed by atoms with Crippen molar-refractivity contribution < 1.29 is 13.2 Å². The van der Waals surface area contributed by atoms with E-state index in [9.17, 15) is 13.2 Å². The molecule has 0 spiro atoms. The lowest BCUT2D eigenvalue weighted by Crippen LogP contribution is -2.55. The standard InChI is InChI=1S/C11H17N3O3S2/c1-7-4-14(5-8(2)13-7)11(15)9-3-10(18-6-9)19(12,16)17/h3,6-8,13H,4-5H2,1-2H3,(H2,12,16,17)/t7-,8+. The first-order valence-corrected chi connectivity index (χ1v) is 8.36. The number of carbonyl (C=O) groups is 1. The molecule has 1 saturated heterocycles. The number of piperazine rings is 1. The summed E-state index contributed by atoms with van der Waals surface area (Å²) < 4.78 is 22.4. The highest BCUT2D eigenvalue weighted by Crippen LogP contribution is 2.21. The minimum absolute atomic E-state index is 0.0204. The van der Waals surface area contributed by atoms with Gasteiger partial charge in [-0.25, -0.2) is 13.6 Å². The number of hydrogen-bond acceptors (Lipinski definition) is 5. The van der Waals surface area contributed by atoms with E-state index in [4.69, 9.17) is 5.14 Å². The first kappa shape index (κ1) is 14.4. The zero-order valence-corrected chi connectivity index (χ0v) is 12.4. The number of hydrogen-bond donors (Lipinski definition) is 2. The summed E-state index contributed by atoms with van der Waals surface area (Å²) in [6.07, 6.45) is 0. The Morgan fingerprint density at radius 3 is 2.47 bits per heavy atom. The van der Waals surface area contributed by atoms with Crippen LogP contribution >= 0.6 is 11.3 Å². The normalized spacial score (nSPS) is 24.5. The first-order chi connectivity index (χ1) is 8.77. The van der Waals surface area contributed by atoms with E-state index in [1.165, 1.54) is 6.07 Å². The van der Waals surface area contributed by atoms with Crippen LogP contribution < -0.4 is 10.5 Å². The predicted octanol–water partition coefficient (Wildman–Crippen LogP) is 0.218. The van der Waals surface area contributed by atoms with Crippen molar-refractivity contribution in [1.29, 1.82) is 0 Å². The van der Waals surface area contributed by atoms with E-state index in [0.717, 1.165) is 11.3 Å². The third kappa shape index (κ3) is 3.33. The van der Waals surface area contributed by atoms with Crippen molar-refractivity contribution in [3.63, 3.8) is 0 Å². The molecule has 1 aromatic rings. The quantitative estimate of drug-likeness (QED) is 0.817. The molecule has 0 aromatic carbocycles. The summed E-state index contributed by atoms with van der Waals surface area (Å²) in [5.74, 6) is -0.147. The number of sulfonamides is 1. The summed E-state index contributed by atoms with van der Waals surface area (Å²) in [4.78, 5) is 14.0. The van der Waals surface area contributed by atoms with E-state index in [0.29, 0.717) is 18.7 Å². The minimum Gasteiger partial charge on any atom is -0.336 e. The highest BCUT2D eigenvalue weighted by Gasteiger charge is 2.26. The third-order valence-corrected chi connectivity index (χ3v) is 5.33. The summed E-state index contributed by atoms with van der Waals surface area (Å²) in [7, 11) is -3.73. The van der Waals surface area contributed by atoms with Crippen LogP contribution in [0.25, 0.3) is 0 Å². The van der Waals surface area contributed by atoms with Gasteiger partial charge in [-0.1, -0.05) is 0 Å². The van der Waals surface area contributed by atoms with Crippen LogP contribution in [0, 0.1) is 0 Å². The molecule has 1 fully saturated rings. The zero-order valence-electron chi connectivity index (χ0n) is 10.8. The molecule has 6 nitrogen and oxygen atoms in total. The number of nitrogens with one attached hydrogen (secondary N) is 1. The Labute approximate surface area is 116 Å². The van der Waals surface area contributed by atoms with E-state index in [1.807, 2.05) is 13.8 Å². The fourth-order valence-corrected chi connectivity index (χ4v) is 3.83. The van der Waals surface area contributed by atoms with Gasteiger partial charge in [0.05, 0.1) is 5.56 Å². The summed E-state index contributed by atoms with van der Waals surface area (Å²) in [6, 6.07) is 1.80. The van der Waals surface area contributed by atoms with Crippen LogP contribution in [0.4, 0.5) is 0 Å². The Morgan fingerprint density at radius 2 is 2.00 bits per heavy atom. The maximum Gasteiger partial charge on any atom is 0.254 e. The van der Waals surface area contributed by atoms with Crippen LogP contribution in [-0.4, -0.2) is 44.4 Å². The van der Waals surface area contributed by atoms with Gasteiger partial charge in [-0.3, -0.25) is 4.79 Å². The number of carbonyl (C=O) groups excluding carboxylic acids is 1. The molecule has 2 heterocycles. The number of amides is 1. The largest absolute Gasteiger partial charge is 0.336 e. The lowest BCUT2D eigenvalue weighted by molar-refractivity contribution is 0.0674. The van der Waals surface area contributed by atoms with E-state index in [2.05, 4.69) is 5.32 Å². The second-order valence-corrected chi connectivity index (χ2v) is 7.58. The van der Waals surface area contributed by atoms with Crippen LogP contribution in [-0.2, 0) is 10.0 Å². The van der Waals surface area contributed by atoms with Crippen molar-refractivity contribution in [2.45, 2.75) is 30.1 Å². The monoisotopic (exact) mass is 303 g/mol. The van der Waals surface area contributed by atoms with Gasteiger partial charge in [-0.05, 0) is 19.9 Å². The van der Waals surface area contributed by atoms with Crippen molar-refractivity contribution in [3.05, 3.63) is 17.0 Å². The molecule has 0 aliphatic carbocycles. The molecular weight excluding hydrogens is 286 g/mol. The fraction of sp³-hybridized carbons (Fsp3) is 0.545. The van der Waals surface area contributed by atoms with E-state index >= 15 is 0 Å². The van der Waals surface area contributed by atoms with Crippen molar-refractivity contribution in [1.82, 2.24) is 10.2 Å². The summed E-state index contributed by atoms with van der Waals surface area (Å²) in [5.41, 5.74) is 0.385. The van der Waals surface area contributed by atoms with Gasteiger partial charge in [0.2, 0.25) is 10.0 Å². The second kappa shape index (κ2) is 5.20. The molecule has 0 radical (unpaired) electrons. The van der Waals surface area contributed by atoms with Gasteiger partial charge >= 0.3 is 0 Å². The SMILES string of the molecule is C[C@@H]1CN(C(=O)c2csc(S(N)(=O)=O)c2)C[C@H](C)N1. The average Bonchev–Trinajstić information content (AvgIpc) is 2.75. The van der Waals surface area contributed by atoms with Crippen molar-refractivity contribution in [3.8, 4) is 0 Å². The zero-order chi connectivity index (χ0) is 14.2. The lowest BCUT2D eigenvalue weighted by Gasteiger charge is -2.36. The van der Waals surface area contributed by atoms with E-state index in [-0.39, 0.29) is 22.2 Å². The van der Waals surface area contributed by atoms with Crippen LogP contribution in [0.3, 0.4) is 0 Å². The number of thiophene rings is 1. The Balaban J connectivity index is 2.18. The van der Waals surface area contributed by atoms with Crippen LogP contribution in [0.15, 0.2) is 15.7 Å². The summed E-state index contributed by atoms with van der Waals surface area (Å²) in [6.45, 7) is 5.26. The Kier molecular flexibility index (Phi) is 3.95. The Bertz CT molecular complexity index is 572. The topological polar surface area (TPSA) is 92.5 Å². The highest BCUT2D eigenvalue weighted by atomic mass is 32.2. The third-order valence-electron chi connectivity index (χ3n) is 2.95. The smallest absolute Gasteiger partial charge is 0.254 e. The molecule has 8 heteroatoms. The molecule has 0 bridgehead atoms. The van der Waals surface area contributed by atoms with Gasteiger partial charge in [-0.2, -0.15) is 0 Å². The van der Waals surface area contributed by atoms with Crippen molar-refractivity contribution in [2.24, 2.45) is 5.14 Å². The van der Waals surface area contributed by atoms with Gasteiger partial charge < -0.3 is 10.2 Å². The number of rotatable bonds is 2. The molecule has 3 N–H and O–H groups in total. The second-order valence-electron chi connectivity index (χ2n) is 4.88. The molecule has 0 saturated carbocycles.